The molecule has 0 N–H and O–H groups in total. The quantitative estimate of drug-likeness (QED) is 0.422. The van der Waals surface area contributed by atoms with Crippen LogP contribution in [0.3, 0.4) is 0 Å². The number of nitro benzene ring substituents is 1. The predicted octanol–water partition coefficient (Wildman–Crippen LogP) is 3.09. The number of nitrogens with zero attached hydrogens (tertiary/aromatic N) is 3. The Balaban J connectivity index is 2.10. The minimum atomic E-state index is -1.09. The average molecular weight is 367 g/mol. The van der Waals surface area contributed by atoms with Gasteiger partial charge in [0.2, 0.25) is 0 Å². The molecule has 1 atom stereocenters. The Bertz CT molecular complexity index is 859. The molecule has 138 valence electrons. The number of rotatable bonds is 7. The number of ether oxygens (including phenoxy) is 1. The second-order valence-electron chi connectivity index (χ2n) is 5.59. The van der Waals surface area contributed by atoms with Gasteiger partial charge in [-0.3, -0.25) is 14.9 Å². The summed E-state index contributed by atoms with van der Waals surface area (Å²) >= 11 is 0. The molecule has 2 rings (SSSR count). The molecule has 0 aliphatic heterocycles. The zero-order valence-corrected chi connectivity index (χ0v) is 14.6. The van der Waals surface area contributed by atoms with E-state index in [2.05, 4.69) is 0 Å². The number of carbonyl (C=O) groups is 2. The fourth-order valence-electron chi connectivity index (χ4n) is 2.35. The molecule has 0 fully saturated rings. The Hall–Kier alpha value is -3.73. The lowest BCUT2D eigenvalue weighted by Gasteiger charge is -2.25. The predicted molar refractivity (Wildman–Crippen MR) is 97.0 cm³/mol. The van der Waals surface area contributed by atoms with Crippen LogP contribution in [0, 0.1) is 21.4 Å². The summed E-state index contributed by atoms with van der Waals surface area (Å²) in [5.41, 5.74) is 0.543. The van der Waals surface area contributed by atoms with Crippen molar-refractivity contribution < 1.29 is 19.2 Å². The molecule has 0 aliphatic rings. The van der Waals surface area contributed by atoms with Gasteiger partial charge in [-0.15, -0.1) is 0 Å². The van der Waals surface area contributed by atoms with E-state index < -0.39 is 22.9 Å². The van der Waals surface area contributed by atoms with Crippen molar-refractivity contribution in [1.82, 2.24) is 0 Å². The van der Waals surface area contributed by atoms with Crippen LogP contribution in [0.2, 0.25) is 0 Å². The largest absolute Gasteiger partial charge is 0.449 e. The molecule has 0 bridgehead atoms. The van der Waals surface area contributed by atoms with E-state index in [0.717, 1.165) is 0 Å². The van der Waals surface area contributed by atoms with Crippen LogP contribution < -0.4 is 4.90 Å². The molecule has 0 aliphatic carbocycles. The van der Waals surface area contributed by atoms with Crippen molar-refractivity contribution in [2.24, 2.45) is 0 Å². The van der Waals surface area contributed by atoms with Crippen LogP contribution in [0.25, 0.3) is 0 Å². The Labute approximate surface area is 155 Å². The van der Waals surface area contributed by atoms with Gasteiger partial charge in [-0.2, -0.15) is 5.26 Å². The van der Waals surface area contributed by atoms with Crippen LogP contribution in [0.15, 0.2) is 54.6 Å². The van der Waals surface area contributed by atoms with E-state index in [1.807, 2.05) is 6.07 Å². The lowest BCUT2D eigenvalue weighted by molar-refractivity contribution is -0.384. The minimum Gasteiger partial charge on any atom is -0.449 e. The van der Waals surface area contributed by atoms with Crippen molar-refractivity contribution in [3.05, 3.63) is 70.3 Å². The summed E-state index contributed by atoms with van der Waals surface area (Å²) in [6.45, 7) is 1.60. The van der Waals surface area contributed by atoms with Gasteiger partial charge in [0.15, 0.2) is 6.10 Å². The number of nitro groups is 1. The number of para-hydroxylation sites is 1. The summed E-state index contributed by atoms with van der Waals surface area (Å²) in [5.74, 6) is -1.23. The van der Waals surface area contributed by atoms with Crippen molar-refractivity contribution in [3.63, 3.8) is 0 Å². The van der Waals surface area contributed by atoms with Gasteiger partial charge in [-0.1, -0.05) is 18.2 Å². The summed E-state index contributed by atoms with van der Waals surface area (Å²) in [7, 11) is 0. The van der Waals surface area contributed by atoms with Crippen molar-refractivity contribution in [1.29, 1.82) is 5.26 Å². The molecule has 8 heteroatoms. The molecule has 0 unspecified atom stereocenters. The normalized spacial score (nSPS) is 11.1. The molecule has 0 saturated carbocycles. The first kappa shape index (κ1) is 19.6. The fourth-order valence-corrected chi connectivity index (χ4v) is 2.35. The Morgan fingerprint density at radius 1 is 1.19 bits per heavy atom. The molecule has 8 nitrogen and oxygen atoms in total. The zero-order chi connectivity index (χ0) is 19.8. The monoisotopic (exact) mass is 367 g/mol. The number of carbonyl (C=O) groups excluding carboxylic acids is 2. The van der Waals surface area contributed by atoms with Crippen LogP contribution in [0.5, 0.6) is 0 Å². The summed E-state index contributed by atoms with van der Waals surface area (Å²) in [6, 6.07) is 15.7. The van der Waals surface area contributed by atoms with Gasteiger partial charge in [-0.25, -0.2) is 4.79 Å². The molecule has 0 aromatic heterocycles. The SMILES string of the molecule is C[C@H](OC(=O)c1ccc([N+](=O)[O-])cc1)C(=O)N(CCC#N)c1ccccc1. The van der Waals surface area contributed by atoms with E-state index in [1.54, 1.807) is 30.3 Å². The molecule has 2 aromatic rings. The molecule has 27 heavy (non-hydrogen) atoms. The number of nitriles is 1. The van der Waals surface area contributed by atoms with E-state index >= 15 is 0 Å². The molecular formula is C19H17N3O5. The second kappa shape index (κ2) is 9.10. The standard InChI is InChI=1S/C19H17N3O5/c1-14(27-19(24)15-8-10-17(11-9-15)22(25)26)18(23)21(13-5-12-20)16-6-3-2-4-7-16/h2-4,6-11,14H,5,13H2,1H3/t14-/m0/s1. The fraction of sp³-hybridized carbons (Fsp3) is 0.211. The Morgan fingerprint density at radius 3 is 2.37 bits per heavy atom. The summed E-state index contributed by atoms with van der Waals surface area (Å²) in [6.07, 6.45) is -0.962. The summed E-state index contributed by atoms with van der Waals surface area (Å²) in [4.78, 5) is 36.4. The van der Waals surface area contributed by atoms with Crippen molar-refractivity contribution in [3.8, 4) is 6.07 Å². The van der Waals surface area contributed by atoms with Gasteiger partial charge in [-0.05, 0) is 31.2 Å². The molecule has 0 saturated heterocycles. The zero-order valence-electron chi connectivity index (χ0n) is 14.6. The first-order chi connectivity index (χ1) is 12.9. The summed E-state index contributed by atoms with van der Waals surface area (Å²) < 4.78 is 5.20. The van der Waals surface area contributed by atoms with Gasteiger partial charge in [0.1, 0.15) is 0 Å². The van der Waals surface area contributed by atoms with Crippen LogP contribution >= 0.6 is 0 Å². The van der Waals surface area contributed by atoms with Gasteiger partial charge < -0.3 is 9.64 Å². The smallest absolute Gasteiger partial charge is 0.338 e. The topological polar surface area (TPSA) is 114 Å². The molecule has 0 radical (unpaired) electrons. The third kappa shape index (κ3) is 5.12. The van der Waals surface area contributed by atoms with E-state index in [1.165, 1.54) is 36.1 Å². The highest BCUT2D eigenvalue weighted by atomic mass is 16.6. The number of non-ortho nitro benzene ring substituents is 1. The number of esters is 1. The van der Waals surface area contributed by atoms with Gasteiger partial charge >= 0.3 is 5.97 Å². The molecule has 0 heterocycles. The van der Waals surface area contributed by atoms with Crippen LogP contribution in [0.4, 0.5) is 11.4 Å². The number of hydrogen-bond acceptors (Lipinski definition) is 6. The number of amides is 1. The van der Waals surface area contributed by atoms with Crippen LogP contribution in [-0.2, 0) is 9.53 Å². The van der Waals surface area contributed by atoms with Crippen LogP contribution in [0.1, 0.15) is 23.7 Å². The lowest BCUT2D eigenvalue weighted by Crippen LogP contribution is -2.40. The van der Waals surface area contributed by atoms with Crippen molar-refractivity contribution in [2.75, 3.05) is 11.4 Å². The van der Waals surface area contributed by atoms with Crippen LogP contribution in [-0.4, -0.2) is 29.4 Å². The third-order valence-corrected chi connectivity index (χ3v) is 3.73. The van der Waals surface area contributed by atoms with Crippen molar-refractivity contribution >= 4 is 23.3 Å². The second-order valence-corrected chi connectivity index (χ2v) is 5.59. The Morgan fingerprint density at radius 2 is 1.81 bits per heavy atom. The number of hydrogen-bond donors (Lipinski definition) is 0. The first-order valence-electron chi connectivity index (χ1n) is 8.13. The van der Waals surface area contributed by atoms with Crippen molar-refractivity contribution in [2.45, 2.75) is 19.4 Å². The molecule has 0 spiro atoms. The van der Waals surface area contributed by atoms with E-state index in [0.29, 0.717) is 5.69 Å². The highest BCUT2D eigenvalue weighted by molar-refractivity contribution is 5.99. The van der Waals surface area contributed by atoms with E-state index in [4.69, 9.17) is 10.00 Å². The van der Waals surface area contributed by atoms with Gasteiger partial charge in [0.05, 0.1) is 23.0 Å². The molecular weight excluding hydrogens is 350 g/mol. The highest BCUT2D eigenvalue weighted by Crippen LogP contribution is 2.17. The van der Waals surface area contributed by atoms with E-state index in [9.17, 15) is 19.7 Å². The number of anilines is 1. The Kier molecular flexibility index (Phi) is 6.61. The maximum absolute atomic E-state index is 12.7. The number of benzene rings is 2. The first-order valence-corrected chi connectivity index (χ1v) is 8.13. The van der Waals surface area contributed by atoms with Gasteiger partial charge in [0, 0.05) is 24.4 Å². The van der Waals surface area contributed by atoms with Gasteiger partial charge in [0.25, 0.3) is 11.6 Å². The lowest BCUT2D eigenvalue weighted by atomic mass is 10.2. The van der Waals surface area contributed by atoms with E-state index in [-0.39, 0.29) is 24.2 Å². The third-order valence-electron chi connectivity index (χ3n) is 3.73. The maximum atomic E-state index is 12.7. The average Bonchev–Trinajstić information content (AvgIpc) is 2.68. The summed E-state index contributed by atoms with van der Waals surface area (Å²) in [5, 5.41) is 19.5. The molecule has 2 aromatic carbocycles. The molecule has 1 amide bonds. The maximum Gasteiger partial charge on any atom is 0.338 e. The minimum absolute atomic E-state index is 0.100. The highest BCUT2D eigenvalue weighted by Gasteiger charge is 2.25.